The Kier molecular flexibility index (Phi) is 6.20. The topological polar surface area (TPSA) is 43.8 Å². The molecule has 2 unspecified atom stereocenters. The van der Waals surface area contributed by atoms with Crippen molar-refractivity contribution in [2.45, 2.75) is 58.4 Å². The summed E-state index contributed by atoms with van der Waals surface area (Å²) < 4.78 is 0. The van der Waals surface area contributed by atoms with Gasteiger partial charge in [0.15, 0.2) is 0 Å². The van der Waals surface area contributed by atoms with Gasteiger partial charge in [-0.05, 0) is 56.4 Å². The minimum Gasteiger partial charge on any atom is -0.383 e. The van der Waals surface area contributed by atoms with Crippen molar-refractivity contribution in [2.75, 3.05) is 31.9 Å². The summed E-state index contributed by atoms with van der Waals surface area (Å²) in [5, 5.41) is 10.6. The van der Waals surface area contributed by atoms with Gasteiger partial charge in [-0.2, -0.15) is 0 Å². The minimum atomic E-state index is -0.837. The molecule has 2 saturated heterocycles. The van der Waals surface area contributed by atoms with Crippen LogP contribution < -0.4 is 0 Å². The lowest BCUT2D eigenvalue weighted by Crippen LogP contribution is -2.46. The molecule has 2 aliphatic rings. The van der Waals surface area contributed by atoms with Gasteiger partial charge in [0.05, 0.1) is 5.37 Å². The van der Waals surface area contributed by atoms with E-state index in [1.54, 1.807) is 0 Å². The van der Waals surface area contributed by atoms with Crippen molar-refractivity contribution >= 4 is 17.7 Å². The second kappa shape index (κ2) is 7.54. The Labute approximate surface area is 139 Å². The quantitative estimate of drug-likeness (QED) is 0.842. The minimum absolute atomic E-state index is 0.00202. The molecule has 2 fully saturated rings. The van der Waals surface area contributed by atoms with Crippen LogP contribution in [0.5, 0.6) is 0 Å². The van der Waals surface area contributed by atoms with E-state index in [0.717, 1.165) is 38.4 Å². The predicted molar refractivity (Wildman–Crippen MR) is 92.9 cm³/mol. The van der Waals surface area contributed by atoms with Gasteiger partial charge in [-0.25, -0.2) is 0 Å². The molecule has 0 aromatic rings. The van der Waals surface area contributed by atoms with Gasteiger partial charge in [-0.1, -0.05) is 20.8 Å². The fraction of sp³-hybridized carbons (Fsp3) is 0.941. The van der Waals surface area contributed by atoms with E-state index in [-0.39, 0.29) is 11.8 Å². The molecule has 2 atom stereocenters. The lowest BCUT2D eigenvalue weighted by molar-refractivity contribution is -0.141. The third-order valence-electron chi connectivity index (χ3n) is 5.42. The molecular weight excluding hydrogens is 296 g/mol. The van der Waals surface area contributed by atoms with E-state index in [1.807, 2.05) is 30.5 Å². The highest BCUT2D eigenvalue weighted by molar-refractivity contribution is 7.99. The number of piperidine rings is 1. The zero-order valence-electron chi connectivity index (χ0n) is 14.5. The summed E-state index contributed by atoms with van der Waals surface area (Å²) in [6, 6.07) is 0. The van der Waals surface area contributed by atoms with E-state index >= 15 is 0 Å². The van der Waals surface area contributed by atoms with Crippen molar-refractivity contribution in [2.24, 2.45) is 11.3 Å². The molecule has 4 nitrogen and oxygen atoms in total. The maximum absolute atomic E-state index is 12.3. The number of hydrogen-bond donors (Lipinski definition) is 1. The average Bonchev–Trinajstić information content (AvgIpc) is 2.90. The van der Waals surface area contributed by atoms with Crippen LogP contribution in [0.1, 0.15) is 47.0 Å². The Balaban J connectivity index is 1.87. The van der Waals surface area contributed by atoms with Crippen LogP contribution in [0.4, 0.5) is 0 Å². The van der Waals surface area contributed by atoms with Crippen LogP contribution >= 0.6 is 11.8 Å². The van der Waals surface area contributed by atoms with Gasteiger partial charge < -0.3 is 10.0 Å². The number of thioether (sulfide) groups is 1. The molecule has 128 valence electrons. The molecule has 1 spiro atoms. The Morgan fingerprint density at radius 2 is 1.77 bits per heavy atom. The van der Waals surface area contributed by atoms with Crippen LogP contribution in [0.25, 0.3) is 0 Å². The fourth-order valence-electron chi connectivity index (χ4n) is 3.71. The van der Waals surface area contributed by atoms with E-state index < -0.39 is 6.10 Å². The van der Waals surface area contributed by atoms with Crippen molar-refractivity contribution in [3.8, 4) is 0 Å². The normalized spacial score (nSPS) is 24.9. The zero-order valence-corrected chi connectivity index (χ0v) is 15.4. The molecule has 0 saturated carbocycles. The van der Waals surface area contributed by atoms with Gasteiger partial charge in [0.25, 0.3) is 5.91 Å². The Bertz CT molecular complexity index is 381. The first-order chi connectivity index (χ1) is 10.4. The van der Waals surface area contributed by atoms with E-state index in [2.05, 4.69) is 18.7 Å². The molecule has 2 heterocycles. The largest absolute Gasteiger partial charge is 0.383 e. The summed E-state index contributed by atoms with van der Waals surface area (Å²) in [5.74, 6) is 1.10. The van der Waals surface area contributed by atoms with Gasteiger partial charge in [0.1, 0.15) is 6.10 Å². The highest BCUT2D eigenvalue weighted by atomic mass is 32.2. The van der Waals surface area contributed by atoms with Crippen molar-refractivity contribution in [3.05, 3.63) is 0 Å². The number of amides is 1. The molecular formula is C17H32N2O2S. The van der Waals surface area contributed by atoms with Crippen molar-refractivity contribution in [3.63, 3.8) is 0 Å². The van der Waals surface area contributed by atoms with Crippen LogP contribution in [0.2, 0.25) is 0 Å². The maximum Gasteiger partial charge on any atom is 0.251 e. The van der Waals surface area contributed by atoms with E-state index in [9.17, 15) is 9.90 Å². The molecule has 1 amide bonds. The van der Waals surface area contributed by atoms with Crippen molar-refractivity contribution in [1.82, 2.24) is 9.80 Å². The van der Waals surface area contributed by atoms with E-state index in [1.165, 1.54) is 12.8 Å². The number of rotatable bonds is 5. The molecule has 0 radical (unpaired) electrons. The highest BCUT2D eigenvalue weighted by Crippen LogP contribution is 2.41. The Hall–Kier alpha value is -0.260. The van der Waals surface area contributed by atoms with Crippen LogP contribution in [-0.2, 0) is 4.79 Å². The van der Waals surface area contributed by atoms with Crippen LogP contribution in [-0.4, -0.2) is 64.2 Å². The summed E-state index contributed by atoms with van der Waals surface area (Å²) in [5.41, 5.74) is 0.305. The molecule has 0 aliphatic carbocycles. The van der Waals surface area contributed by atoms with Gasteiger partial charge in [0, 0.05) is 13.1 Å². The molecule has 0 aromatic heterocycles. The second-order valence-electron chi connectivity index (χ2n) is 7.29. The molecule has 0 aromatic carbocycles. The first-order valence-corrected chi connectivity index (χ1v) is 9.76. The van der Waals surface area contributed by atoms with Gasteiger partial charge in [-0.15, -0.1) is 11.8 Å². The molecule has 2 rings (SSSR count). The first kappa shape index (κ1) is 18.1. The molecule has 0 bridgehead atoms. The van der Waals surface area contributed by atoms with E-state index in [0.29, 0.717) is 10.8 Å². The average molecular weight is 329 g/mol. The van der Waals surface area contributed by atoms with Crippen molar-refractivity contribution < 1.29 is 9.90 Å². The Morgan fingerprint density at radius 1 is 1.18 bits per heavy atom. The number of carbonyl (C=O) groups excluding carboxylic acids is 1. The zero-order chi connectivity index (χ0) is 16.3. The predicted octanol–water partition coefficient (Wildman–Crippen LogP) is 2.42. The van der Waals surface area contributed by atoms with Gasteiger partial charge >= 0.3 is 0 Å². The number of aliphatic hydroxyl groups excluding tert-OH is 1. The summed E-state index contributed by atoms with van der Waals surface area (Å²) in [6.45, 7) is 12.3. The SMILES string of the molecule is CCSC(C)N1CCC2(CCN(C(=O)C(O)C(C)C)C2)CC1. The van der Waals surface area contributed by atoms with E-state index in [4.69, 9.17) is 0 Å². The summed E-state index contributed by atoms with van der Waals surface area (Å²) in [7, 11) is 0. The molecule has 1 N–H and O–H groups in total. The van der Waals surface area contributed by atoms with Gasteiger partial charge in [-0.3, -0.25) is 9.69 Å². The summed E-state index contributed by atoms with van der Waals surface area (Å²) in [6.07, 6.45) is 2.63. The number of aliphatic hydroxyl groups is 1. The van der Waals surface area contributed by atoms with Crippen LogP contribution in [0.15, 0.2) is 0 Å². The first-order valence-electron chi connectivity index (χ1n) is 8.71. The number of hydrogen-bond acceptors (Lipinski definition) is 4. The number of carbonyl (C=O) groups is 1. The van der Waals surface area contributed by atoms with Crippen LogP contribution in [0, 0.1) is 11.3 Å². The third kappa shape index (κ3) is 3.98. The van der Waals surface area contributed by atoms with Crippen molar-refractivity contribution in [1.29, 1.82) is 0 Å². The smallest absolute Gasteiger partial charge is 0.251 e. The lowest BCUT2D eigenvalue weighted by atomic mass is 9.78. The molecule has 22 heavy (non-hydrogen) atoms. The number of nitrogens with zero attached hydrogens (tertiary/aromatic N) is 2. The Morgan fingerprint density at radius 3 is 2.32 bits per heavy atom. The van der Waals surface area contributed by atoms with Gasteiger partial charge in [0.2, 0.25) is 0 Å². The monoisotopic (exact) mass is 328 g/mol. The maximum atomic E-state index is 12.3. The lowest BCUT2D eigenvalue weighted by Gasteiger charge is -2.41. The fourth-order valence-corrected chi connectivity index (χ4v) is 4.62. The summed E-state index contributed by atoms with van der Waals surface area (Å²) in [4.78, 5) is 16.8. The molecule has 5 heteroatoms. The highest BCUT2D eigenvalue weighted by Gasteiger charge is 2.43. The third-order valence-corrected chi connectivity index (χ3v) is 6.53. The second-order valence-corrected chi connectivity index (χ2v) is 8.88. The number of likely N-dealkylation sites (tertiary alicyclic amines) is 2. The summed E-state index contributed by atoms with van der Waals surface area (Å²) >= 11 is 2.01. The van der Waals surface area contributed by atoms with Crippen LogP contribution in [0.3, 0.4) is 0 Å². The standard InChI is InChI=1S/C17H32N2O2S/c1-5-22-14(4)18-9-6-17(7-10-18)8-11-19(12-17)16(21)15(20)13(2)3/h13-15,20H,5-12H2,1-4H3. The molecule has 2 aliphatic heterocycles.